The number of nitrogens with one attached hydrogen (secondary N) is 2. The number of hydrogen-bond donors (Lipinski definition) is 3. The van der Waals surface area contributed by atoms with Crippen LogP contribution in [0.5, 0.6) is 5.75 Å². The van der Waals surface area contributed by atoms with E-state index < -0.39 is 21.7 Å². The number of sulfonamides is 1. The van der Waals surface area contributed by atoms with Crippen LogP contribution < -0.4 is 14.8 Å². The van der Waals surface area contributed by atoms with Crippen molar-refractivity contribution in [3.05, 3.63) is 29.8 Å². The van der Waals surface area contributed by atoms with E-state index in [1.54, 1.807) is 27.0 Å². The number of aliphatic hydroxyl groups excluding tert-OH is 1. The standard InChI is InChI=1S/C14H24N2O4S/c1-14(2,16-21(4,18)19)10-15-9-13(17)11-6-5-7-12(8-11)20-3/h5-8,13,15-17H,9-10H2,1-4H3. The molecule has 6 nitrogen and oxygen atoms in total. The minimum absolute atomic E-state index is 0.321. The van der Waals surface area contributed by atoms with E-state index in [1.807, 2.05) is 18.2 Å². The molecule has 1 aromatic rings. The smallest absolute Gasteiger partial charge is 0.209 e. The van der Waals surface area contributed by atoms with Crippen molar-refractivity contribution in [2.24, 2.45) is 0 Å². The summed E-state index contributed by atoms with van der Waals surface area (Å²) in [5.74, 6) is 0.686. The van der Waals surface area contributed by atoms with Crippen molar-refractivity contribution in [3.8, 4) is 5.75 Å². The number of methoxy groups -OCH3 is 1. The Hall–Kier alpha value is -1.15. The molecule has 3 N–H and O–H groups in total. The second-order valence-electron chi connectivity index (χ2n) is 5.68. The van der Waals surface area contributed by atoms with Gasteiger partial charge in [0.2, 0.25) is 10.0 Å². The fourth-order valence-electron chi connectivity index (χ4n) is 2.03. The number of rotatable bonds is 8. The first kappa shape index (κ1) is 17.9. The lowest BCUT2D eigenvalue weighted by Gasteiger charge is -2.26. The predicted octanol–water partition coefficient (Wildman–Crippen LogP) is 0.646. The van der Waals surface area contributed by atoms with Crippen molar-refractivity contribution in [2.75, 3.05) is 26.5 Å². The molecule has 1 atom stereocenters. The van der Waals surface area contributed by atoms with E-state index in [9.17, 15) is 13.5 Å². The van der Waals surface area contributed by atoms with Crippen LogP contribution in [-0.2, 0) is 10.0 Å². The third-order valence-electron chi connectivity index (χ3n) is 2.84. The third-order valence-corrected chi connectivity index (χ3v) is 3.77. The average molecular weight is 316 g/mol. The van der Waals surface area contributed by atoms with Gasteiger partial charge in [0.1, 0.15) is 5.75 Å². The molecule has 0 heterocycles. The van der Waals surface area contributed by atoms with Gasteiger partial charge in [0.15, 0.2) is 0 Å². The molecular weight excluding hydrogens is 292 g/mol. The van der Waals surface area contributed by atoms with Gasteiger partial charge in [0, 0.05) is 18.6 Å². The molecule has 0 saturated carbocycles. The van der Waals surface area contributed by atoms with Gasteiger partial charge < -0.3 is 15.2 Å². The number of ether oxygens (including phenoxy) is 1. The molecule has 1 unspecified atom stereocenters. The zero-order chi connectivity index (χ0) is 16.1. The summed E-state index contributed by atoms with van der Waals surface area (Å²) in [7, 11) is -1.69. The summed E-state index contributed by atoms with van der Waals surface area (Å²) < 4.78 is 30.1. The van der Waals surface area contributed by atoms with Crippen molar-refractivity contribution in [3.63, 3.8) is 0 Å². The van der Waals surface area contributed by atoms with E-state index >= 15 is 0 Å². The summed E-state index contributed by atoms with van der Waals surface area (Å²) in [4.78, 5) is 0. The molecule has 0 fully saturated rings. The second kappa shape index (κ2) is 7.22. The molecule has 21 heavy (non-hydrogen) atoms. The third kappa shape index (κ3) is 6.90. The van der Waals surface area contributed by atoms with Crippen molar-refractivity contribution in [1.29, 1.82) is 0 Å². The van der Waals surface area contributed by atoms with E-state index in [-0.39, 0.29) is 0 Å². The molecular formula is C14H24N2O4S. The Bertz CT molecular complexity index is 558. The first-order valence-electron chi connectivity index (χ1n) is 6.65. The molecule has 0 saturated heterocycles. The van der Waals surface area contributed by atoms with E-state index in [1.165, 1.54) is 0 Å². The average Bonchev–Trinajstić information content (AvgIpc) is 2.35. The van der Waals surface area contributed by atoms with E-state index in [0.29, 0.717) is 18.8 Å². The maximum absolute atomic E-state index is 11.2. The SMILES string of the molecule is COc1cccc(C(O)CNCC(C)(C)NS(C)(=O)=O)c1. The maximum Gasteiger partial charge on any atom is 0.209 e. The Morgan fingerprint density at radius 3 is 2.62 bits per heavy atom. The molecule has 0 aromatic heterocycles. The molecule has 0 radical (unpaired) electrons. The zero-order valence-corrected chi connectivity index (χ0v) is 13.7. The highest BCUT2D eigenvalue weighted by Gasteiger charge is 2.22. The summed E-state index contributed by atoms with van der Waals surface area (Å²) in [6, 6.07) is 7.20. The van der Waals surface area contributed by atoms with Crippen LogP contribution in [0.1, 0.15) is 25.5 Å². The highest BCUT2D eigenvalue weighted by molar-refractivity contribution is 7.88. The Morgan fingerprint density at radius 2 is 2.05 bits per heavy atom. The second-order valence-corrected chi connectivity index (χ2v) is 7.43. The summed E-state index contributed by atoms with van der Waals surface area (Å²) in [5.41, 5.74) is 0.123. The van der Waals surface area contributed by atoms with Crippen molar-refractivity contribution < 1.29 is 18.3 Å². The molecule has 0 aliphatic rings. The van der Waals surface area contributed by atoms with Crippen molar-refractivity contribution in [2.45, 2.75) is 25.5 Å². The monoisotopic (exact) mass is 316 g/mol. The largest absolute Gasteiger partial charge is 0.497 e. The van der Waals surface area contributed by atoms with E-state index in [0.717, 1.165) is 11.8 Å². The predicted molar refractivity (Wildman–Crippen MR) is 82.9 cm³/mol. The van der Waals surface area contributed by atoms with Gasteiger partial charge in [-0.3, -0.25) is 0 Å². The van der Waals surface area contributed by atoms with Gasteiger partial charge in [-0.1, -0.05) is 12.1 Å². The van der Waals surface area contributed by atoms with Gasteiger partial charge in [-0.15, -0.1) is 0 Å². The van der Waals surface area contributed by atoms with Crippen molar-refractivity contribution >= 4 is 10.0 Å². The number of aliphatic hydroxyl groups is 1. The van der Waals surface area contributed by atoms with Crippen LogP contribution in [0.25, 0.3) is 0 Å². The van der Waals surface area contributed by atoms with Gasteiger partial charge in [-0.2, -0.15) is 0 Å². The molecule has 0 bridgehead atoms. The lowest BCUT2D eigenvalue weighted by molar-refractivity contribution is 0.171. The maximum atomic E-state index is 11.2. The molecule has 7 heteroatoms. The first-order chi connectivity index (χ1) is 9.63. The quantitative estimate of drug-likeness (QED) is 0.655. The van der Waals surface area contributed by atoms with Crippen LogP contribution in [0.3, 0.4) is 0 Å². The Morgan fingerprint density at radius 1 is 1.38 bits per heavy atom. The minimum atomic E-state index is -3.26. The summed E-state index contributed by atoms with van der Waals surface area (Å²) in [6.45, 7) is 4.28. The summed E-state index contributed by atoms with van der Waals surface area (Å²) in [6.07, 6.45) is 0.439. The van der Waals surface area contributed by atoms with Crippen molar-refractivity contribution in [1.82, 2.24) is 10.0 Å². The van der Waals surface area contributed by atoms with E-state index in [4.69, 9.17) is 4.74 Å². The highest BCUT2D eigenvalue weighted by atomic mass is 32.2. The number of hydrogen-bond acceptors (Lipinski definition) is 5. The minimum Gasteiger partial charge on any atom is -0.497 e. The summed E-state index contributed by atoms with van der Waals surface area (Å²) >= 11 is 0. The van der Waals surface area contributed by atoms with Crippen LogP contribution in [0.15, 0.2) is 24.3 Å². The first-order valence-corrected chi connectivity index (χ1v) is 8.54. The van der Waals surface area contributed by atoms with Crippen LogP contribution >= 0.6 is 0 Å². The van der Waals surface area contributed by atoms with Crippen LogP contribution in [0.4, 0.5) is 0 Å². The Balaban J connectivity index is 2.51. The van der Waals surface area contributed by atoms with Gasteiger partial charge in [-0.05, 0) is 31.5 Å². The molecule has 0 aliphatic heterocycles. The molecule has 120 valence electrons. The molecule has 1 rings (SSSR count). The Kier molecular flexibility index (Phi) is 6.15. The summed E-state index contributed by atoms with van der Waals surface area (Å²) in [5, 5.41) is 13.2. The zero-order valence-electron chi connectivity index (χ0n) is 12.9. The lowest BCUT2D eigenvalue weighted by atomic mass is 10.1. The van der Waals surface area contributed by atoms with Crippen LogP contribution in [0.2, 0.25) is 0 Å². The Labute approximate surface area is 126 Å². The topological polar surface area (TPSA) is 87.7 Å². The van der Waals surface area contributed by atoms with Gasteiger partial charge in [0.05, 0.1) is 19.5 Å². The molecule has 0 aliphatic carbocycles. The molecule has 0 spiro atoms. The van der Waals surface area contributed by atoms with Gasteiger partial charge in [0.25, 0.3) is 0 Å². The lowest BCUT2D eigenvalue weighted by Crippen LogP contribution is -2.50. The van der Waals surface area contributed by atoms with E-state index in [2.05, 4.69) is 10.0 Å². The fraction of sp³-hybridized carbons (Fsp3) is 0.571. The molecule has 1 aromatic carbocycles. The van der Waals surface area contributed by atoms with Gasteiger partial charge in [-0.25, -0.2) is 13.1 Å². The fourth-order valence-corrected chi connectivity index (χ4v) is 3.10. The number of benzene rings is 1. The van der Waals surface area contributed by atoms with Crippen LogP contribution in [-0.4, -0.2) is 45.5 Å². The van der Waals surface area contributed by atoms with Gasteiger partial charge >= 0.3 is 0 Å². The van der Waals surface area contributed by atoms with Crippen LogP contribution in [0, 0.1) is 0 Å². The normalized spacial score (nSPS) is 14.0. The highest BCUT2D eigenvalue weighted by Crippen LogP contribution is 2.18. The molecule has 0 amide bonds.